The van der Waals surface area contributed by atoms with Crippen LogP contribution in [0.5, 0.6) is 0 Å². The molecular formula is C27H28FN7O. The van der Waals surface area contributed by atoms with Gasteiger partial charge in [0.2, 0.25) is 5.91 Å². The van der Waals surface area contributed by atoms with Crippen LogP contribution in [0.3, 0.4) is 0 Å². The van der Waals surface area contributed by atoms with Gasteiger partial charge in [-0.25, -0.2) is 9.37 Å². The molecule has 1 amide bonds. The molecule has 9 heteroatoms. The molecule has 36 heavy (non-hydrogen) atoms. The number of aromatic nitrogens is 4. The Hall–Kier alpha value is -4.01. The topological polar surface area (TPSA) is 102 Å². The summed E-state index contributed by atoms with van der Waals surface area (Å²) in [5, 5.41) is 9.17. The van der Waals surface area contributed by atoms with Crippen LogP contribution in [0.1, 0.15) is 37.1 Å². The van der Waals surface area contributed by atoms with E-state index in [4.69, 9.17) is 5.73 Å². The van der Waals surface area contributed by atoms with Crippen LogP contribution in [0.15, 0.2) is 36.8 Å². The third-order valence-corrected chi connectivity index (χ3v) is 7.27. The first-order valence-electron chi connectivity index (χ1n) is 12.4. The molecule has 3 N–H and O–H groups in total. The summed E-state index contributed by atoms with van der Waals surface area (Å²) in [6.07, 6.45) is 8.85. The van der Waals surface area contributed by atoms with Gasteiger partial charge in [0.1, 0.15) is 12.4 Å². The number of benzene rings is 1. The van der Waals surface area contributed by atoms with Crippen LogP contribution in [0.2, 0.25) is 0 Å². The number of rotatable bonds is 4. The zero-order valence-electron chi connectivity index (χ0n) is 20.4. The highest BCUT2D eigenvalue weighted by atomic mass is 19.1. The van der Waals surface area contributed by atoms with Gasteiger partial charge in [-0.2, -0.15) is 5.10 Å². The van der Waals surface area contributed by atoms with Crippen molar-refractivity contribution in [1.82, 2.24) is 24.6 Å². The Labute approximate surface area is 208 Å². The average Bonchev–Trinajstić information content (AvgIpc) is 3.44. The van der Waals surface area contributed by atoms with Crippen LogP contribution in [0, 0.1) is 5.82 Å². The van der Waals surface area contributed by atoms with E-state index in [0.29, 0.717) is 29.1 Å². The third-order valence-electron chi connectivity index (χ3n) is 7.27. The first kappa shape index (κ1) is 22.5. The maximum Gasteiger partial charge on any atom is 0.244 e. The molecule has 0 radical (unpaired) electrons. The molecule has 2 aliphatic rings. The number of anilines is 3. The summed E-state index contributed by atoms with van der Waals surface area (Å²) in [7, 11) is 0. The maximum atomic E-state index is 15.4. The second-order valence-electron chi connectivity index (χ2n) is 9.86. The molecule has 1 aliphatic carbocycles. The fourth-order valence-corrected chi connectivity index (χ4v) is 5.40. The van der Waals surface area contributed by atoms with E-state index in [-0.39, 0.29) is 24.2 Å². The third kappa shape index (κ3) is 3.75. The molecule has 4 aromatic rings. The van der Waals surface area contributed by atoms with Gasteiger partial charge >= 0.3 is 0 Å². The van der Waals surface area contributed by atoms with Crippen LogP contribution in [0.4, 0.5) is 21.7 Å². The summed E-state index contributed by atoms with van der Waals surface area (Å²) in [4.78, 5) is 23.3. The first-order chi connectivity index (χ1) is 17.4. The summed E-state index contributed by atoms with van der Waals surface area (Å²) in [5.41, 5.74) is 10.9. The number of aryl methyl sites for hydroxylation is 1. The van der Waals surface area contributed by atoms with E-state index in [2.05, 4.69) is 20.4 Å². The SMILES string of the molecule is CC(C)N1CCc2cc(Nc3cc4cc(-c5cncc6c5CCC6)c(F)c(N)c4cn3)nn2CC1=O. The minimum Gasteiger partial charge on any atom is -0.396 e. The van der Waals surface area contributed by atoms with Gasteiger partial charge in [-0.15, -0.1) is 0 Å². The Morgan fingerprint density at radius 2 is 1.92 bits per heavy atom. The van der Waals surface area contributed by atoms with Gasteiger partial charge in [0.05, 0.1) is 5.69 Å². The molecule has 0 bridgehead atoms. The van der Waals surface area contributed by atoms with E-state index in [1.807, 2.05) is 43.1 Å². The van der Waals surface area contributed by atoms with Crippen LogP contribution < -0.4 is 11.1 Å². The van der Waals surface area contributed by atoms with Gasteiger partial charge < -0.3 is 16.0 Å². The Morgan fingerprint density at radius 3 is 2.75 bits per heavy atom. The lowest BCUT2D eigenvalue weighted by atomic mass is 9.96. The van der Waals surface area contributed by atoms with Gasteiger partial charge in [0.25, 0.3) is 0 Å². The normalized spacial score (nSPS) is 15.3. The number of fused-ring (bicyclic) bond motifs is 3. The maximum absolute atomic E-state index is 15.4. The largest absolute Gasteiger partial charge is 0.396 e. The fourth-order valence-electron chi connectivity index (χ4n) is 5.40. The highest BCUT2D eigenvalue weighted by Crippen LogP contribution is 2.38. The quantitative estimate of drug-likeness (QED) is 0.419. The van der Waals surface area contributed by atoms with Crippen LogP contribution >= 0.6 is 0 Å². The van der Waals surface area contributed by atoms with Crippen molar-refractivity contribution in [2.75, 3.05) is 17.6 Å². The van der Waals surface area contributed by atoms with Crippen molar-refractivity contribution < 1.29 is 9.18 Å². The van der Waals surface area contributed by atoms with E-state index in [1.165, 1.54) is 5.56 Å². The summed E-state index contributed by atoms with van der Waals surface area (Å²) in [6, 6.07) is 5.79. The van der Waals surface area contributed by atoms with E-state index in [9.17, 15) is 4.79 Å². The molecule has 184 valence electrons. The molecule has 1 aliphatic heterocycles. The Balaban J connectivity index is 1.33. The smallest absolute Gasteiger partial charge is 0.244 e. The Kier molecular flexibility index (Phi) is 5.35. The van der Waals surface area contributed by atoms with Crippen molar-refractivity contribution in [2.45, 2.75) is 52.1 Å². The van der Waals surface area contributed by atoms with Gasteiger partial charge in [-0.05, 0) is 61.8 Å². The van der Waals surface area contributed by atoms with Gasteiger partial charge in [0, 0.05) is 65.9 Å². The molecular weight excluding hydrogens is 457 g/mol. The van der Waals surface area contributed by atoms with Crippen molar-refractivity contribution in [3.05, 3.63) is 59.4 Å². The zero-order valence-corrected chi connectivity index (χ0v) is 20.4. The van der Waals surface area contributed by atoms with E-state index < -0.39 is 5.82 Å². The standard InChI is InChI=1S/C27H28FN7O/c1-15(2)34-7-6-18-10-24(33-35(18)14-25(34)36)32-23-9-17-8-20(26(28)27(29)21(17)13-31-23)22-12-30-11-16-4-3-5-19(16)22/h8-13,15H,3-7,14,29H2,1-2H3,(H,31,32,33). The Morgan fingerprint density at radius 1 is 1.06 bits per heavy atom. The van der Waals surface area contributed by atoms with Crippen LogP contribution in [-0.2, 0) is 30.6 Å². The number of halogens is 1. The lowest BCUT2D eigenvalue weighted by Gasteiger charge is -2.24. The number of amides is 1. The molecule has 0 fully saturated rings. The number of hydrogen-bond acceptors (Lipinski definition) is 6. The number of pyridine rings is 2. The number of hydrogen-bond donors (Lipinski definition) is 2. The van der Waals surface area contributed by atoms with Crippen molar-refractivity contribution in [2.24, 2.45) is 0 Å². The number of nitrogens with one attached hydrogen (secondary N) is 1. The molecule has 0 saturated heterocycles. The van der Waals surface area contributed by atoms with E-state index in [1.54, 1.807) is 17.1 Å². The fraction of sp³-hybridized carbons (Fsp3) is 0.333. The number of nitrogens with two attached hydrogens (primary N) is 1. The minimum absolute atomic E-state index is 0.0640. The molecule has 4 heterocycles. The lowest BCUT2D eigenvalue weighted by Crippen LogP contribution is -2.38. The van der Waals surface area contributed by atoms with Gasteiger partial charge in [0.15, 0.2) is 11.6 Å². The first-order valence-corrected chi connectivity index (χ1v) is 12.4. The highest BCUT2D eigenvalue weighted by Gasteiger charge is 2.24. The Bertz CT molecular complexity index is 1510. The molecule has 0 atom stereocenters. The van der Waals surface area contributed by atoms with Gasteiger partial charge in [-0.3, -0.25) is 14.5 Å². The molecule has 1 aromatic carbocycles. The second-order valence-corrected chi connectivity index (χ2v) is 9.86. The summed E-state index contributed by atoms with van der Waals surface area (Å²) in [6.45, 7) is 4.93. The summed E-state index contributed by atoms with van der Waals surface area (Å²) < 4.78 is 17.1. The molecule has 8 nitrogen and oxygen atoms in total. The second kappa shape index (κ2) is 8.58. The molecule has 0 unspecified atom stereocenters. The summed E-state index contributed by atoms with van der Waals surface area (Å²) >= 11 is 0. The predicted octanol–water partition coefficient (Wildman–Crippen LogP) is 4.24. The molecule has 0 saturated carbocycles. The zero-order chi connectivity index (χ0) is 25.0. The average molecular weight is 486 g/mol. The van der Waals surface area contributed by atoms with Gasteiger partial charge in [-0.1, -0.05) is 0 Å². The highest BCUT2D eigenvalue weighted by molar-refractivity contribution is 5.98. The van der Waals surface area contributed by atoms with Crippen LogP contribution in [-0.4, -0.2) is 43.1 Å². The number of nitrogen functional groups attached to an aromatic ring is 1. The van der Waals surface area contributed by atoms with Crippen molar-refractivity contribution in [3.63, 3.8) is 0 Å². The lowest BCUT2D eigenvalue weighted by molar-refractivity contribution is -0.133. The van der Waals surface area contributed by atoms with E-state index in [0.717, 1.165) is 47.9 Å². The van der Waals surface area contributed by atoms with Crippen molar-refractivity contribution in [1.29, 1.82) is 0 Å². The molecule has 0 spiro atoms. The number of nitrogens with zero attached hydrogens (tertiary/aromatic N) is 5. The van der Waals surface area contributed by atoms with E-state index >= 15 is 4.39 Å². The number of carbonyl (C=O) groups excluding carboxylic acids is 1. The van der Waals surface area contributed by atoms with Crippen LogP contribution in [0.25, 0.3) is 21.9 Å². The minimum atomic E-state index is -0.440. The van der Waals surface area contributed by atoms with Crippen molar-refractivity contribution in [3.8, 4) is 11.1 Å². The monoisotopic (exact) mass is 485 g/mol. The molecule has 3 aromatic heterocycles. The number of carbonyl (C=O) groups is 1. The summed E-state index contributed by atoms with van der Waals surface area (Å²) in [5.74, 6) is 0.807. The predicted molar refractivity (Wildman–Crippen MR) is 137 cm³/mol. The molecule has 6 rings (SSSR count). The van der Waals surface area contributed by atoms with Crippen molar-refractivity contribution >= 4 is 34.0 Å².